The maximum absolute atomic E-state index is 13.1. The molecule has 0 spiro atoms. The Morgan fingerprint density at radius 3 is 0.937 bits per heavy atom. The Morgan fingerprint density at radius 1 is 0.418 bits per heavy atom. The molecule has 79 heavy (non-hydrogen) atoms. The lowest BCUT2D eigenvalue weighted by Gasteiger charge is -2.25. The third-order valence-corrected chi connectivity index (χ3v) is 17.7. The largest absolute Gasteiger partial charge is 0.472 e. The van der Waals surface area contributed by atoms with E-state index in [1.807, 2.05) is 27.2 Å². The standard InChI is InChI=1S/C70H141N2O6P/c1-6-8-10-12-14-16-18-20-22-24-26-28-30-32-34-36-37-39-41-43-45-47-49-51-53-55-57-59-61-63-69(73)68(67-78-79(75,76)77-66-65-72(3,4)5)71-70(74)64-62-60-58-56-54-52-50-48-46-44-42-40-38-35-33-31-29-27-25-23-21-19-17-15-13-11-9-7-2/h61,63,68-69,73H,6-60,62,64-67H2,1-5H3,(H-,71,74,75,76)/p+1/b63-61+. The van der Waals surface area contributed by atoms with Gasteiger partial charge >= 0.3 is 7.82 Å². The number of phosphoric ester groups is 1. The maximum atomic E-state index is 13.1. The number of quaternary nitrogens is 1. The number of unbranched alkanes of at least 4 members (excludes halogenated alkanes) is 54. The first-order chi connectivity index (χ1) is 38.5. The fourth-order valence-electron chi connectivity index (χ4n) is 11.2. The molecule has 0 aliphatic heterocycles. The minimum Gasteiger partial charge on any atom is -0.387 e. The second kappa shape index (κ2) is 61.8. The molecule has 0 aromatic rings. The van der Waals surface area contributed by atoms with E-state index in [-0.39, 0.29) is 19.1 Å². The van der Waals surface area contributed by atoms with Crippen molar-refractivity contribution in [1.82, 2.24) is 5.32 Å². The number of amides is 1. The molecule has 0 saturated heterocycles. The lowest BCUT2D eigenvalue weighted by Crippen LogP contribution is -2.45. The number of rotatable bonds is 67. The molecule has 0 fully saturated rings. The van der Waals surface area contributed by atoms with Gasteiger partial charge in [0.15, 0.2) is 0 Å². The Morgan fingerprint density at radius 2 is 0.671 bits per heavy atom. The molecule has 0 aromatic carbocycles. The van der Waals surface area contributed by atoms with E-state index in [0.717, 1.165) is 32.1 Å². The molecule has 0 saturated carbocycles. The van der Waals surface area contributed by atoms with Crippen LogP contribution >= 0.6 is 7.82 Å². The van der Waals surface area contributed by atoms with Crippen LogP contribution in [0.15, 0.2) is 12.2 Å². The molecule has 1 amide bonds. The fraction of sp³-hybridized carbons (Fsp3) is 0.957. The molecular formula is C70H142N2O6P+. The van der Waals surface area contributed by atoms with Gasteiger partial charge in [-0.1, -0.05) is 366 Å². The number of carbonyl (C=O) groups is 1. The summed E-state index contributed by atoms with van der Waals surface area (Å²) in [6, 6.07) is -0.844. The van der Waals surface area contributed by atoms with E-state index >= 15 is 0 Å². The Labute approximate surface area is 494 Å². The lowest BCUT2D eigenvalue weighted by atomic mass is 10.0. The summed E-state index contributed by atoms with van der Waals surface area (Å²) in [4.78, 5) is 23.4. The summed E-state index contributed by atoms with van der Waals surface area (Å²) in [5.41, 5.74) is 0. The highest BCUT2D eigenvalue weighted by Crippen LogP contribution is 2.43. The third kappa shape index (κ3) is 64.7. The van der Waals surface area contributed by atoms with Crippen molar-refractivity contribution < 1.29 is 32.9 Å². The van der Waals surface area contributed by atoms with Gasteiger partial charge in [-0.05, 0) is 19.3 Å². The Hall–Kier alpha value is -0.760. The molecule has 0 heterocycles. The van der Waals surface area contributed by atoms with Gasteiger partial charge in [0.25, 0.3) is 0 Å². The van der Waals surface area contributed by atoms with Crippen LogP contribution in [0.4, 0.5) is 0 Å². The van der Waals surface area contributed by atoms with Crippen LogP contribution in [0.2, 0.25) is 0 Å². The Bertz CT molecular complexity index is 1290. The molecule has 0 aliphatic rings. The number of nitrogens with one attached hydrogen (secondary N) is 1. The second-order valence-corrected chi connectivity index (χ2v) is 27.4. The molecule has 3 atom stereocenters. The first-order valence-corrected chi connectivity index (χ1v) is 37.1. The number of carbonyl (C=O) groups excluding carboxylic acids is 1. The molecule has 472 valence electrons. The van der Waals surface area contributed by atoms with E-state index in [1.165, 1.54) is 327 Å². The molecule has 8 nitrogen and oxygen atoms in total. The summed E-state index contributed by atoms with van der Waals surface area (Å²) >= 11 is 0. The first-order valence-electron chi connectivity index (χ1n) is 35.6. The number of likely N-dealkylation sites (N-methyl/N-ethyl adjacent to an activating group) is 1. The van der Waals surface area contributed by atoms with Crippen LogP contribution in [0.25, 0.3) is 0 Å². The van der Waals surface area contributed by atoms with Crippen LogP contribution in [0, 0.1) is 0 Å². The summed E-state index contributed by atoms with van der Waals surface area (Å²) in [5.74, 6) is -0.167. The van der Waals surface area contributed by atoms with Crippen LogP contribution in [0.3, 0.4) is 0 Å². The lowest BCUT2D eigenvalue weighted by molar-refractivity contribution is -0.870. The van der Waals surface area contributed by atoms with Gasteiger partial charge in [-0.25, -0.2) is 4.57 Å². The van der Waals surface area contributed by atoms with Gasteiger partial charge in [-0.2, -0.15) is 0 Å². The molecule has 0 aromatic heterocycles. The highest BCUT2D eigenvalue weighted by Gasteiger charge is 2.28. The maximum Gasteiger partial charge on any atom is 0.472 e. The van der Waals surface area contributed by atoms with Crippen molar-refractivity contribution in [2.45, 2.75) is 392 Å². The predicted octanol–water partition coefficient (Wildman–Crippen LogP) is 22.5. The molecular weight excluding hydrogens is 996 g/mol. The van der Waals surface area contributed by atoms with Crippen LogP contribution in [-0.4, -0.2) is 73.4 Å². The zero-order valence-electron chi connectivity index (χ0n) is 54.2. The Kier molecular flexibility index (Phi) is 61.2. The van der Waals surface area contributed by atoms with Crippen LogP contribution in [-0.2, 0) is 18.4 Å². The van der Waals surface area contributed by atoms with E-state index in [2.05, 4.69) is 19.2 Å². The van der Waals surface area contributed by atoms with E-state index in [0.29, 0.717) is 17.4 Å². The third-order valence-electron chi connectivity index (χ3n) is 16.8. The van der Waals surface area contributed by atoms with Crippen LogP contribution < -0.4 is 5.32 Å². The number of allylic oxidation sites excluding steroid dienone is 1. The highest BCUT2D eigenvalue weighted by molar-refractivity contribution is 7.47. The molecule has 3 unspecified atom stereocenters. The topological polar surface area (TPSA) is 105 Å². The van der Waals surface area contributed by atoms with Gasteiger partial charge in [0.05, 0.1) is 39.9 Å². The number of aliphatic hydroxyl groups excluding tert-OH is 1. The molecule has 9 heteroatoms. The van der Waals surface area contributed by atoms with Crippen molar-refractivity contribution in [2.75, 3.05) is 40.9 Å². The van der Waals surface area contributed by atoms with Crippen LogP contribution in [0.5, 0.6) is 0 Å². The summed E-state index contributed by atoms with van der Waals surface area (Å²) < 4.78 is 23.8. The molecule has 0 radical (unpaired) electrons. The minimum absolute atomic E-state index is 0.0655. The molecule has 0 bridgehead atoms. The zero-order chi connectivity index (χ0) is 57.7. The van der Waals surface area contributed by atoms with Crippen molar-refractivity contribution in [3.63, 3.8) is 0 Å². The minimum atomic E-state index is -4.35. The number of aliphatic hydroxyl groups is 1. The quantitative estimate of drug-likeness (QED) is 0.0243. The van der Waals surface area contributed by atoms with Crippen molar-refractivity contribution in [2.24, 2.45) is 0 Å². The van der Waals surface area contributed by atoms with E-state index < -0.39 is 20.0 Å². The van der Waals surface area contributed by atoms with Crippen molar-refractivity contribution in [3.05, 3.63) is 12.2 Å². The fourth-order valence-corrected chi connectivity index (χ4v) is 12.0. The predicted molar refractivity (Wildman–Crippen MR) is 346 cm³/mol. The van der Waals surface area contributed by atoms with Gasteiger partial charge in [0.1, 0.15) is 13.2 Å². The SMILES string of the molecule is CCCCCCCCCCCCCCCCCCCCCCCCCCCCC/C=C/C(O)C(COP(=O)(O)OCC[N+](C)(C)C)NC(=O)CCCCCCCCCCCCCCCCCCCCCCCCCCCCCC. The average Bonchev–Trinajstić information content (AvgIpc) is 3.42. The summed E-state index contributed by atoms with van der Waals surface area (Å²) in [7, 11) is 1.60. The summed E-state index contributed by atoms with van der Waals surface area (Å²) in [5, 5.41) is 14.0. The van der Waals surface area contributed by atoms with Gasteiger partial charge in [0, 0.05) is 6.42 Å². The monoisotopic (exact) mass is 1140 g/mol. The van der Waals surface area contributed by atoms with Gasteiger partial charge in [-0.15, -0.1) is 0 Å². The molecule has 0 aliphatic carbocycles. The van der Waals surface area contributed by atoms with E-state index in [1.54, 1.807) is 6.08 Å². The van der Waals surface area contributed by atoms with Crippen molar-refractivity contribution in [3.8, 4) is 0 Å². The summed E-state index contributed by atoms with van der Waals surface area (Å²) in [6.07, 6.45) is 79.4. The molecule has 3 N–H and O–H groups in total. The van der Waals surface area contributed by atoms with Gasteiger partial charge in [-0.3, -0.25) is 13.8 Å². The zero-order valence-corrected chi connectivity index (χ0v) is 55.1. The van der Waals surface area contributed by atoms with Crippen molar-refractivity contribution in [1.29, 1.82) is 0 Å². The second-order valence-electron chi connectivity index (χ2n) is 26.0. The number of hydrogen-bond acceptors (Lipinski definition) is 5. The van der Waals surface area contributed by atoms with Gasteiger partial charge in [0.2, 0.25) is 5.91 Å². The smallest absolute Gasteiger partial charge is 0.387 e. The van der Waals surface area contributed by atoms with E-state index in [4.69, 9.17) is 9.05 Å². The van der Waals surface area contributed by atoms with Crippen molar-refractivity contribution >= 4 is 13.7 Å². The van der Waals surface area contributed by atoms with Gasteiger partial charge < -0.3 is 19.8 Å². The average molecular weight is 1140 g/mol. The highest BCUT2D eigenvalue weighted by atomic mass is 31.2. The number of hydrogen-bond donors (Lipinski definition) is 3. The number of phosphoric acid groups is 1. The van der Waals surface area contributed by atoms with Crippen LogP contribution in [0.1, 0.15) is 380 Å². The number of nitrogens with zero attached hydrogens (tertiary/aromatic N) is 1. The first kappa shape index (κ1) is 78.2. The Balaban J connectivity index is 4.02. The van der Waals surface area contributed by atoms with E-state index in [9.17, 15) is 19.4 Å². The molecule has 0 rings (SSSR count). The summed E-state index contributed by atoms with van der Waals surface area (Å²) in [6.45, 7) is 4.89. The normalized spacial score (nSPS) is 13.7.